The molecule has 0 aliphatic carbocycles. The molecule has 2 aromatic rings. The number of hydrogen-bond acceptors (Lipinski definition) is 4. The molecule has 3 heterocycles. The Morgan fingerprint density at radius 2 is 2.05 bits per heavy atom. The summed E-state index contributed by atoms with van der Waals surface area (Å²) in [6.07, 6.45) is 0.798. The van der Waals surface area contributed by atoms with Gasteiger partial charge in [0.25, 0.3) is 0 Å². The van der Waals surface area contributed by atoms with Gasteiger partial charge in [-0.25, -0.2) is 5.01 Å². The van der Waals surface area contributed by atoms with Gasteiger partial charge in [-0.1, -0.05) is 13.8 Å². The lowest BCUT2D eigenvalue weighted by Gasteiger charge is -2.22. The zero-order valence-electron chi connectivity index (χ0n) is 11.4. The molecule has 0 saturated heterocycles. The highest BCUT2D eigenvalue weighted by atomic mass is 32.1. The fourth-order valence-corrected chi connectivity index (χ4v) is 3.68. The zero-order valence-corrected chi connectivity index (χ0v) is 13.1. The lowest BCUT2D eigenvalue weighted by Crippen LogP contribution is -2.30. The molecule has 1 aliphatic heterocycles. The van der Waals surface area contributed by atoms with Crippen molar-refractivity contribution >= 4 is 34.3 Å². The van der Waals surface area contributed by atoms with Crippen molar-refractivity contribution in [2.45, 2.75) is 26.3 Å². The number of carbonyl (C=O) groups is 1. The van der Waals surface area contributed by atoms with Crippen LogP contribution >= 0.6 is 22.7 Å². The topological polar surface area (TPSA) is 32.7 Å². The van der Waals surface area contributed by atoms with Gasteiger partial charge in [0.2, 0.25) is 5.91 Å². The number of thiophene rings is 2. The van der Waals surface area contributed by atoms with Crippen LogP contribution < -0.4 is 0 Å². The van der Waals surface area contributed by atoms with E-state index in [4.69, 9.17) is 0 Å². The predicted octanol–water partition coefficient (Wildman–Crippen LogP) is 4.14. The maximum absolute atomic E-state index is 12.4. The highest BCUT2D eigenvalue weighted by Crippen LogP contribution is 2.35. The maximum atomic E-state index is 12.4. The minimum Gasteiger partial charge on any atom is -0.273 e. The number of carbonyl (C=O) groups excluding carboxylic acids is 1. The van der Waals surface area contributed by atoms with Crippen LogP contribution in [0.5, 0.6) is 0 Å². The molecule has 1 atom stereocenters. The van der Waals surface area contributed by atoms with Gasteiger partial charge in [-0.05, 0) is 39.2 Å². The summed E-state index contributed by atoms with van der Waals surface area (Å²) in [6.45, 7) is 3.84. The molecule has 0 aromatic carbocycles. The first-order valence-corrected chi connectivity index (χ1v) is 8.50. The predicted molar refractivity (Wildman–Crippen MR) is 84.2 cm³/mol. The van der Waals surface area contributed by atoms with Crippen LogP contribution in [-0.4, -0.2) is 16.6 Å². The van der Waals surface area contributed by atoms with Crippen LogP contribution in [0.2, 0.25) is 0 Å². The van der Waals surface area contributed by atoms with Crippen molar-refractivity contribution in [3.8, 4) is 0 Å². The first kappa shape index (κ1) is 13.5. The van der Waals surface area contributed by atoms with E-state index in [2.05, 4.69) is 33.4 Å². The van der Waals surface area contributed by atoms with E-state index in [1.54, 1.807) is 27.7 Å². The smallest absolute Gasteiger partial charge is 0.245 e. The molecule has 0 bridgehead atoms. The van der Waals surface area contributed by atoms with Crippen LogP contribution in [0.15, 0.2) is 38.8 Å². The van der Waals surface area contributed by atoms with E-state index in [1.165, 1.54) is 5.56 Å². The van der Waals surface area contributed by atoms with E-state index in [1.807, 2.05) is 19.2 Å². The lowest BCUT2D eigenvalue weighted by molar-refractivity contribution is -0.136. The fourth-order valence-electron chi connectivity index (χ4n) is 2.31. The number of hydrogen-bond donors (Lipinski definition) is 0. The van der Waals surface area contributed by atoms with Gasteiger partial charge in [-0.15, -0.1) is 0 Å². The Balaban J connectivity index is 1.94. The minimum atomic E-state index is -0.0401. The first-order valence-electron chi connectivity index (χ1n) is 6.62. The Hall–Kier alpha value is -1.46. The van der Waals surface area contributed by atoms with Crippen LogP contribution in [0.3, 0.4) is 0 Å². The molecule has 0 saturated carbocycles. The second-order valence-electron chi connectivity index (χ2n) is 5.17. The Kier molecular flexibility index (Phi) is 3.72. The normalized spacial score (nSPS) is 18.6. The molecule has 0 spiro atoms. The van der Waals surface area contributed by atoms with Crippen molar-refractivity contribution in [3.63, 3.8) is 0 Å². The van der Waals surface area contributed by atoms with Gasteiger partial charge in [0.1, 0.15) is 0 Å². The molecule has 0 unspecified atom stereocenters. The van der Waals surface area contributed by atoms with E-state index >= 15 is 0 Å². The summed E-state index contributed by atoms with van der Waals surface area (Å²) in [7, 11) is 0. The summed E-state index contributed by atoms with van der Waals surface area (Å²) in [5.74, 6) is 0.0492. The van der Waals surface area contributed by atoms with Gasteiger partial charge >= 0.3 is 0 Å². The zero-order chi connectivity index (χ0) is 14.1. The Morgan fingerprint density at radius 1 is 1.30 bits per heavy atom. The first-order chi connectivity index (χ1) is 9.66. The quantitative estimate of drug-likeness (QED) is 0.838. The van der Waals surface area contributed by atoms with E-state index in [0.717, 1.165) is 17.7 Å². The summed E-state index contributed by atoms with van der Waals surface area (Å²) in [5.41, 5.74) is 3.32. The van der Waals surface area contributed by atoms with Crippen LogP contribution in [-0.2, 0) is 4.79 Å². The third-order valence-corrected chi connectivity index (χ3v) is 4.80. The summed E-state index contributed by atoms with van der Waals surface area (Å²) >= 11 is 3.32. The van der Waals surface area contributed by atoms with Crippen molar-refractivity contribution in [1.82, 2.24) is 5.01 Å². The van der Waals surface area contributed by atoms with E-state index < -0.39 is 0 Å². The Morgan fingerprint density at radius 3 is 2.65 bits per heavy atom. The molecule has 0 fully saturated rings. The number of hydrazone groups is 1. The van der Waals surface area contributed by atoms with Crippen molar-refractivity contribution < 1.29 is 4.79 Å². The van der Waals surface area contributed by atoms with Gasteiger partial charge in [0.05, 0.1) is 11.8 Å². The Bertz CT molecular complexity index is 614. The molecular formula is C15H16N2OS2. The molecule has 1 amide bonds. The maximum Gasteiger partial charge on any atom is 0.245 e. The van der Waals surface area contributed by atoms with Crippen molar-refractivity contribution in [3.05, 3.63) is 44.8 Å². The standard InChI is InChI=1S/C15H16N2OS2/c1-10(2)15(18)17-14(12-4-6-20-9-12)7-13(16-17)11-3-5-19-8-11/h3-6,8-10,14H,7H2,1-2H3/t14-/m1/s1. The van der Waals surface area contributed by atoms with Crippen molar-refractivity contribution in [2.75, 3.05) is 0 Å². The summed E-state index contributed by atoms with van der Waals surface area (Å²) in [6, 6.07) is 4.20. The van der Waals surface area contributed by atoms with Crippen LogP contribution in [0.4, 0.5) is 0 Å². The summed E-state index contributed by atoms with van der Waals surface area (Å²) in [5, 5.41) is 14.6. The van der Waals surface area contributed by atoms with E-state index in [0.29, 0.717) is 0 Å². The monoisotopic (exact) mass is 304 g/mol. The van der Waals surface area contributed by atoms with Crippen LogP contribution in [0.25, 0.3) is 0 Å². The van der Waals surface area contributed by atoms with Crippen LogP contribution in [0.1, 0.15) is 37.4 Å². The molecule has 0 radical (unpaired) electrons. The van der Waals surface area contributed by atoms with E-state index in [-0.39, 0.29) is 17.9 Å². The third-order valence-electron chi connectivity index (χ3n) is 3.41. The largest absolute Gasteiger partial charge is 0.273 e. The molecule has 3 nitrogen and oxygen atoms in total. The van der Waals surface area contributed by atoms with Gasteiger partial charge in [-0.2, -0.15) is 27.8 Å². The van der Waals surface area contributed by atoms with Gasteiger partial charge < -0.3 is 0 Å². The highest BCUT2D eigenvalue weighted by Gasteiger charge is 2.34. The molecule has 1 aliphatic rings. The second-order valence-corrected chi connectivity index (χ2v) is 6.73. The lowest BCUT2D eigenvalue weighted by atomic mass is 10.0. The second kappa shape index (κ2) is 5.50. The molecule has 104 valence electrons. The number of nitrogens with zero attached hydrogens (tertiary/aromatic N) is 2. The molecule has 0 N–H and O–H groups in total. The average Bonchev–Trinajstić information content (AvgIpc) is 3.16. The van der Waals surface area contributed by atoms with Crippen molar-refractivity contribution in [2.24, 2.45) is 11.0 Å². The SMILES string of the molecule is CC(C)C(=O)N1N=C(c2ccsc2)C[C@@H]1c1ccsc1. The number of rotatable bonds is 3. The van der Waals surface area contributed by atoms with Gasteiger partial charge in [0, 0.05) is 17.9 Å². The minimum absolute atomic E-state index is 0.0401. The molecular weight excluding hydrogens is 288 g/mol. The molecule has 5 heteroatoms. The van der Waals surface area contributed by atoms with Gasteiger partial charge in [-0.3, -0.25) is 4.79 Å². The molecule has 20 heavy (non-hydrogen) atoms. The third kappa shape index (κ3) is 2.43. The van der Waals surface area contributed by atoms with E-state index in [9.17, 15) is 4.79 Å². The summed E-state index contributed by atoms with van der Waals surface area (Å²) in [4.78, 5) is 12.4. The molecule has 2 aromatic heterocycles. The van der Waals surface area contributed by atoms with Gasteiger partial charge in [0.15, 0.2) is 0 Å². The average molecular weight is 304 g/mol. The summed E-state index contributed by atoms with van der Waals surface area (Å²) < 4.78 is 0. The highest BCUT2D eigenvalue weighted by molar-refractivity contribution is 7.08. The van der Waals surface area contributed by atoms with Crippen LogP contribution in [0, 0.1) is 5.92 Å². The molecule has 3 rings (SSSR count). The van der Waals surface area contributed by atoms with Crippen molar-refractivity contribution in [1.29, 1.82) is 0 Å². The fraction of sp³-hybridized carbons (Fsp3) is 0.333. The Labute approximate surface area is 126 Å². The number of amides is 1.